The van der Waals surface area contributed by atoms with E-state index >= 15 is 0 Å². The second-order valence-corrected chi connectivity index (χ2v) is 6.78. The van der Waals surface area contributed by atoms with Gasteiger partial charge in [-0.05, 0) is 49.6 Å². The van der Waals surface area contributed by atoms with Crippen LogP contribution in [-0.2, 0) is 6.42 Å². The third kappa shape index (κ3) is 3.40. The van der Waals surface area contributed by atoms with Crippen molar-refractivity contribution in [2.45, 2.75) is 19.8 Å². The molecule has 1 aliphatic rings. The number of benzene rings is 2. The first-order valence-corrected chi connectivity index (χ1v) is 9.18. The molecule has 4 rings (SSSR count). The Morgan fingerprint density at radius 2 is 1.78 bits per heavy atom. The Kier molecular flexibility index (Phi) is 4.59. The maximum Gasteiger partial charge on any atom is 0.277 e. The number of hydrogen-bond acceptors (Lipinski definition) is 4. The third-order valence-corrected chi connectivity index (χ3v) is 4.86. The average Bonchev–Trinajstić information content (AvgIpc) is 2.72. The number of amides is 1. The number of hydrogen-bond donors (Lipinski definition) is 0. The van der Waals surface area contributed by atoms with Crippen LogP contribution < -0.4 is 9.80 Å². The van der Waals surface area contributed by atoms with Crippen LogP contribution in [0.5, 0.6) is 0 Å². The van der Waals surface area contributed by atoms with Crippen LogP contribution in [0, 0.1) is 6.92 Å². The van der Waals surface area contributed by atoms with Crippen molar-refractivity contribution in [3.8, 4) is 0 Å². The van der Waals surface area contributed by atoms with E-state index in [4.69, 9.17) is 0 Å². The number of fused-ring (bicyclic) bond motifs is 1. The number of rotatable bonds is 3. The number of carbonyl (C=O) groups excluding carboxylic acids is 1. The van der Waals surface area contributed by atoms with Gasteiger partial charge in [0.1, 0.15) is 5.69 Å². The van der Waals surface area contributed by atoms with E-state index < -0.39 is 0 Å². The Morgan fingerprint density at radius 1 is 1.04 bits per heavy atom. The van der Waals surface area contributed by atoms with Gasteiger partial charge in [-0.1, -0.05) is 36.4 Å². The summed E-state index contributed by atoms with van der Waals surface area (Å²) in [7, 11) is 1.91. The van der Waals surface area contributed by atoms with Crippen molar-refractivity contribution in [2.75, 3.05) is 23.4 Å². The summed E-state index contributed by atoms with van der Waals surface area (Å²) in [5, 5.41) is 0. The fourth-order valence-electron chi connectivity index (χ4n) is 3.46. The minimum atomic E-state index is -0.0737. The standard InChI is InChI=1S/C22H22N4O/c1-16-15-19(24-22(23-16)25(2)18-11-4-3-5-12-18)21(27)26-14-8-10-17-9-6-7-13-20(17)26/h3-7,9,11-13,15H,8,10,14H2,1-2H3. The van der Waals surface area contributed by atoms with Crippen LogP contribution in [0.4, 0.5) is 17.3 Å². The summed E-state index contributed by atoms with van der Waals surface area (Å²) in [6.07, 6.45) is 1.97. The van der Waals surface area contributed by atoms with Gasteiger partial charge in [-0.25, -0.2) is 9.97 Å². The van der Waals surface area contributed by atoms with Gasteiger partial charge in [-0.3, -0.25) is 4.79 Å². The fraction of sp³-hybridized carbons (Fsp3) is 0.227. The molecule has 136 valence electrons. The molecule has 0 N–H and O–H groups in total. The van der Waals surface area contributed by atoms with Gasteiger partial charge in [0.2, 0.25) is 5.95 Å². The minimum Gasteiger partial charge on any atom is -0.314 e. The lowest BCUT2D eigenvalue weighted by Gasteiger charge is -2.29. The largest absolute Gasteiger partial charge is 0.314 e. The van der Waals surface area contributed by atoms with Gasteiger partial charge >= 0.3 is 0 Å². The highest BCUT2D eigenvalue weighted by Gasteiger charge is 2.25. The zero-order valence-corrected chi connectivity index (χ0v) is 15.6. The van der Waals surface area contributed by atoms with E-state index in [1.807, 2.05) is 72.3 Å². The van der Waals surface area contributed by atoms with Crippen molar-refractivity contribution in [2.24, 2.45) is 0 Å². The number of nitrogens with zero attached hydrogens (tertiary/aromatic N) is 4. The molecule has 1 amide bonds. The van der Waals surface area contributed by atoms with Crippen LogP contribution in [0.3, 0.4) is 0 Å². The van der Waals surface area contributed by atoms with E-state index in [9.17, 15) is 4.79 Å². The van der Waals surface area contributed by atoms with Crippen molar-refractivity contribution < 1.29 is 4.79 Å². The van der Waals surface area contributed by atoms with E-state index in [-0.39, 0.29) is 5.91 Å². The first kappa shape index (κ1) is 17.2. The Labute approximate surface area is 159 Å². The lowest BCUT2D eigenvalue weighted by Crippen LogP contribution is -2.36. The molecule has 0 saturated heterocycles. The molecule has 0 aliphatic carbocycles. The van der Waals surface area contributed by atoms with Crippen molar-refractivity contribution in [3.05, 3.63) is 77.6 Å². The molecule has 0 spiro atoms. The quantitative estimate of drug-likeness (QED) is 0.706. The predicted molar refractivity (Wildman–Crippen MR) is 108 cm³/mol. The summed E-state index contributed by atoms with van der Waals surface area (Å²) >= 11 is 0. The maximum absolute atomic E-state index is 13.2. The second-order valence-electron chi connectivity index (χ2n) is 6.78. The molecule has 0 unspecified atom stereocenters. The summed E-state index contributed by atoms with van der Waals surface area (Å²) in [5.41, 5.74) is 4.38. The highest BCUT2D eigenvalue weighted by molar-refractivity contribution is 6.05. The average molecular weight is 358 g/mol. The minimum absolute atomic E-state index is 0.0737. The molecule has 2 aromatic carbocycles. The van der Waals surface area contributed by atoms with E-state index in [0.717, 1.165) is 29.9 Å². The number of aromatic nitrogens is 2. The van der Waals surface area contributed by atoms with Crippen LogP contribution in [0.25, 0.3) is 0 Å². The zero-order chi connectivity index (χ0) is 18.8. The van der Waals surface area contributed by atoms with E-state index in [1.165, 1.54) is 5.56 Å². The summed E-state index contributed by atoms with van der Waals surface area (Å²) in [6.45, 7) is 2.60. The molecule has 0 saturated carbocycles. The molecule has 2 heterocycles. The number of aryl methyl sites for hydroxylation is 2. The number of carbonyl (C=O) groups is 1. The van der Waals surface area contributed by atoms with Gasteiger partial charge in [0, 0.05) is 30.7 Å². The van der Waals surface area contributed by atoms with Gasteiger partial charge in [0.25, 0.3) is 5.91 Å². The van der Waals surface area contributed by atoms with Crippen LogP contribution in [0.15, 0.2) is 60.7 Å². The zero-order valence-electron chi connectivity index (χ0n) is 15.6. The summed E-state index contributed by atoms with van der Waals surface area (Å²) < 4.78 is 0. The lowest BCUT2D eigenvalue weighted by atomic mass is 10.0. The molecule has 0 bridgehead atoms. The Hall–Kier alpha value is -3.21. The van der Waals surface area contributed by atoms with Gasteiger partial charge in [-0.15, -0.1) is 0 Å². The summed E-state index contributed by atoms with van der Waals surface area (Å²) in [5.74, 6) is 0.449. The topological polar surface area (TPSA) is 49.3 Å². The molecule has 0 radical (unpaired) electrons. The third-order valence-electron chi connectivity index (χ3n) is 4.86. The highest BCUT2D eigenvalue weighted by atomic mass is 16.2. The normalized spacial score (nSPS) is 13.2. The molecule has 3 aromatic rings. The molecule has 5 heteroatoms. The Bertz CT molecular complexity index is 971. The smallest absolute Gasteiger partial charge is 0.277 e. The SMILES string of the molecule is Cc1cc(C(=O)N2CCCc3ccccc32)nc(N(C)c2ccccc2)n1. The van der Waals surface area contributed by atoms with Crippen LogP contribution >= 0.6 is 0 Å². The van der Waals surface area contributed by atoms with Crippen LogP contribution in [0.2, 0.25) is 0 Å². The predicted octanol–water partition coefficient (Wildman–Crippen LogP) is 4.15. The molecule has 0 atom stereocenters. The van der Waals surface area contributed by atoms with Crippen molar-refractivity contribution in [3.63, 3.8) is 0 Å². The van der Waals surface area contributed by atoms with Gasteiger partial charge in [-0.2, -0.15) is 0 Å². The maximum atomic E-state index is 13.2. The van der Waals surface area contributed by atoms with Crippen molar-refractivity contribution >= 4 is 23.2 Å². The molecule has 0 fully saturated rings. The Balaban J connectivity index is 1.69. The van der Waals surface area contributed by atoms with Crippen molar-refractivity contribution in [1.82, 2.24) is 9.97 Å². The molecule has 1 aromatic heterocycles. The van der Waals surface area contributed by atoms with E-state index in [0.29, 0.717) is 18.2 Å². The van der Waals surface area contributed by atoms with Crippen molar-refractivity contribution in [1.29, 1.82) is 0 Å². The van der Waals surface area contributed by atoms with Crippen LogP contribution in [0.1, 0.15) is 28.2 Å². The molecular weight excluding hydrogens is 336 g/mol. The molecule has 1 aliphatic heterocycles. The fourth-order valence-corrected chi connectivity index (χ4v) is 3.46. The number of para-hydroxylation sites is 2. The van der Waals surface area contributed by atoms with Crippen LogP contribution in [-0.4, -0.2) is 29.5 Å². The molecule has 5 nitrogen and oxygen atoms in total. The second kappa shape index (κ2) is 7.19. The molecule has 27 heavy (non-hydrogen) atoms. The van der Waals surface area contributed by atoms with Gasteiger partial charge in [0.15, 0.2) is 0 Å². The monoisotopic (exact) mass is 358 g/mol. The highest BCUT2D eigenvalue weighted by Crippen LogP contribution is 2.28. The first-order chi connectivity index (χ1) is 13.1. The summed E-state index contributed by atoms with van der Waals surface area (Å²) in [4.78, 5) is 26.1. The van der Waals surface area contributed by atoms with Gasteiger partial charge < -0.3 is 9.80 Å². The van der Waals surface area contributed by atoms with E-state index in [2.05, 4.69) is 16.0 Å². The van der Waals surface area contributed by atoms with Gasteiger partial charge in [0.05, 0.1) is 0 Å². The number of anilines is 3. The molecular formula is C22H22N4O. The Morgan fingerprint density at radius 3 is 2.59 bits per heavy atom. The summed E-state index contributed by atoms with van der Waals surface area (Å²) in [6, 6.07) is 19.8. The first-order valence-electron chi connectivity index (χ1n) is 9.18. The lowest BCUT2D eigenvalue weighted by molar-refractivity contribution is 0.0980. The van der Waals surface area contributed by atoms with E-state index in [1.54, 1.807) is 6.07 Å².